The van der Waals surface area contributed by atoms with Gasteiger partial charge in [0.05, 0.1) is 17.6 Å². The highest BCUT2D eigenvalue weighted by Gasteiger charge is 2.14. The Bertz CT molecular complexity index is 938. The lowest BCUT2D eigenvalue weighted by molar-refractivity contribution is -0.115. The Hall–Kier alpha value is -2.82. The van der Waals surface area contributed by atoms with E-state index in [1.807, 2.05) is 38.1 Å². The molecular formula is C19H16F2N2O. The number of aryl methyl sites for hydroxylation is 2. The minimum atomic E-state index is -0.798. The van der Waals surface area contributed by atoms with E-state index in [0.29, 0.717) is 0 Å². The zero-order valence-corrected chi connectivity index (χ0v) is 13.4. The number of para-hydroxylation sites is 1. The van der Waals surface area contributed by atoms with E-state index >= 15 is 0 Å². The fourth-order valence-electron chi connectivity index (χ4n) is 2.78. The van der Waals surface area contributed by atoms with E-state index in [1.54, 1.807) is 0 Å². The van der Waals surface area contributed by atoms with Crippen molar-refractivity contribution in [1.82, 2.24) is 4.98 Å². The van der Waals surface area contributed by atoms with Crippen LogP contribution < -0.4 is 5.32 Å². The molecule has 1 N–H and O–H groups in total. The molecule has 0 spiro atoms. The van der Waals surface area contributed by atoms with Gasteiger partial charge in [-0.3, -0.25) is 9.78 Å². The second kappa shape index (κ2) is 6.35. The summed E-state index contributed by atoms with van der Waals surface area (Å²) in [5.74, 6) is -1.85. The number of amides is 1. The normalized spacial score (nSPS) is 10.8. The first-order valence-corrected chi connectivity index (χ1v) is 7.55. The molecule has 0 aliphatic rings. The van der Waals surface area contributed by atoms with Crippen molar-refractivity contribution >= 4 is 22.5 Å². The molecular weight excluding hydrogens is 310 g/mol. The Morgan fingerprint density at radius 3 is 2.62 bits per heavy atom. The van der Waals surface area contributed by atoms with Gasteiger partial charge in [0.15, 0.2) is 0 Å². The van der Waals surface area contributed by atoms with Crippen LogP contribution >= 0.6 is 0 Å². The zero-order chi connectivity index (χ0) is 17.3. The average Bonchev–Trinajstić information content (AvgIpc) is 2.54. The lowest BCUT2D eigenvalue weighted by atomic mass is 9.99. The fourth-order valence-corrected chi connectivity index (χ4v) is 2.78. The Morgan fingerprint density at radius 2 is 1.88 bits per heavy atom. The Balaban J connectivity index is 1.88. The molecule has 0 saturated carbocycles. The molecule has 3 nitrogen and oxygen atoms in total. The van der Waals surface area contributed by atoms with E-state index in [-0.39, 0.29) is 18.0 Å². The molecule has 24 heavy (non-hydrogen) atoms. The highest BCUT2D eigenvalue weighted by atomic mass is 19.1. The summed E-state index contributed by atoms with van der Waals surface area (Å²) >= 11 is 0. The van der Waals surface area contributed by atoms with Crippen LogP contribution in [-0.4, -0.2) is 10.9 Å². The topological polar surface area (TPSA) is 42.0 Å². The molecule has 1 aromatic heterocycles. The number of carbonyl (C=O) groups is 1. The number of nitrogens with one attached hydrogen (secondary N) is 1. The van der Waals surface area contributed by atoms with Crippen LogP contribution in [0.3, 0.4) is 0 Å². The van der Waals surface area contributed by atoms with Gasteiger partial charge in [0.1, 0.15) is 11.6 Å². The van der Waals surface area contributed by atoms with E-state index in [9.17, 15) is 13.6 Å². The third kappa shape index (κ3) is 3.11. The molecule has 122 valence electrons. The summed E-state index contributed by atoms with van der Waals surface area (Å²) in [6, 6.07) is 10.8. The molecule has 0 fully saturated rings. The second-order valence-electron chi connectivity index (χ2n) is 5.67. The van der Waals surface area contributed by atoms with E-state index in [0.717, 1.165) is 39.9 Å². The predicted octanol–water partition coefficient (Wildman–Crippen LogP) is 4.31. The molecule has 0 bridgehead atoms. The van der Waals surface area contributed by atoms with Gasteiger partial charge in [-0.15, -0.1) is 0 Å². The number of anilines is 1. The largest absolute Gasteiger partial charge is 0.323 e. The first kappa shape index (κ1) is 16.1. The Morgan fingerprint density at radius 1 is 1.12 bits per heavy atom. The van der Waals surface area contributed by atoms with Gasteiger partial charge in [-0.2, -0.15) is 0 Å². The van der Waals surface area contributed by atoms with Crippen LogP contribution in [0, 0.1) is 25.5 Å². The van der Waals surface area contributed by atoms with Crippen molar-refractivity contribution in [1.29, 1.82) is 0 Å². The van der Waals surface area contributed by atoms with E-state index in [1.165, 1.54) is 6.07 Å². The van der Waals surface area contributed by atoms with Crippen molar-refractivity contribution in [3.63, 3.8) is 0 Å². The summed E-state index contributed by atoms with van der Waals surface area (Å²) in [7, 11) is 0. The summed E-state index contributed by atoms with van der Waals surface area (Å²) in [4.78, 5) is 16.8. The highest BCUT2D eigenvalue weighted by molar-refractivity contribution is 5.94. The molecule has 0 saturated heterocycles. The van der Waals surface area contributed by atoms with Crippen molar-refractivity contribution in [2.45, 2.75) is 20.3 Å². The minimum absolute atomic E-state index is 0.0366. The molecule has 1 amide bonds. The lowest BCUT2D eigenvalue weighted by Crippen LogP contribution is -2.17. The van der Waals surface area contributed by atoms with Crippen molar-refractivity contribution in [3.8, 4) is 0 Å². The number of benzene rings is 2. The van der Waals surface area contributed by atoms with Crippen molar-refractivity contribution in [2.75, 3.05) is 5.32 Å². The Kier molecular flexibility index (Phi) is 4.25. The molecule has 0 atom stereocenters. The van der Waals surface area contributed by atoms with Crippen LogP contribution in [0.5, 0.6) is 0 Å². The molecule has 3 aromatic rings. The summed E-state index contributed by atoms with van der Waals surface area (Å²) < 4.78 is 26.6. The number of rotatable bonds is 3. The van der Waals surface area contributed by atoms with E-state index in [4.69, 9.17) is 0 Å². The first-order chi connectivity index (χ1) is 11.5. The van der Waals surface area contributed by atoms with Crippen LogP contribution in [0.4, 0.5) is 14.5 Å². The SMILES string of the molecule is Cc1nc2ccccc2c(C)c1CC(=O)Nc1ccc(F)cc1F. The number of aromatic nitrogens is 1. The number of pyridine rings is 1. The van der Waals surface area contributed by atoms with Gasteiger partial charge in [-0.1, -0.05) is 18.2 Å². The minimum Gasteiger partial charge on any atom is -0.323 e. The van der Waals surface area contributed by atoms with Gasteiger partial charge >= 0.3 is 0 Å². The van der Waals surface area contributed by atoms with Gasteiger partial charge in [0, 0.05) is 17.1 Å². The van der Waals surface area contributed by atoms with Crippen LogP contribution in [-0.2, 0) is 11.2 Å². The molecule has 3 rings (SSSR count). The summed E-state index contributed by atoms with van der Waals surface area (Å²) in [5.41, 5.74) is 3.40. The monoisotopic (exact) mass is 326 g/mol. The quantitative estimate of drug-likeness (QED) is 0.779. The smallest absolute Gasteiger partial charge is 0.228 e. The third-order valence-corrected chi connectivity index (χ3v) is 4.03. The van der Waals surface area contributed by atoms with Crippen LogP contribution in [0.25, 0.3) is 10.9 Å². The van der Waals surface area contributed by atoms with Crippen LogP contribution in [0.1, 0.15) is 16.8 Å². The number of fused-ring (bicyclic) bond motifs is 1. The maximum Gasteiger partial charge on any atom is 0.228 e. The predicted molar refractivity (Wildman–Crippen MR) is 89.9 cm³/mol. The third-order valence-electron chi connectivity index (χ3n) is 4.03. The number of carbonyl (C=O) groups excluding carboxylic acids is 1. The molecule has 0 unspecified atom stereocenters. The molecule has 1 heterocycles. The Labute approximate surface area is 138 Å². The number of nitrogens with zero attached hydrogens (tertiary/aromatic N) is 1. The molecule has 0 radical (unpaired) electrons. The van der Waals surface area contributed by atoms with Gasteiger partial charge in [0.2, 0.25) is 5.91 Å². The maximum absolute atomic E-state index is 13.6. The number of hydrogen-bond donors (Lipinski definition) is 1. The number of hydrogen-bond acceptors (Lipinski definition) is 2. The molecule has 5 heteroatoms. The lowest BCUT2D eigenvalue weighted by Gasteiger charge is -2.13. The maximum atomic E-state index is 13.6. The first-order valence-electron chi connectivity index (χ1n) is 7.55. The highest BCUT2D eigenvalue weighted by Crippen LogP contribution is 2.23. The molecule has 2 aromatic carbocycles. The summed E-state index contributed by atoms with van der Waals surface area (Å²) in [5, 5.41) is 3.47. The number of halogens is 2. The van der Waals surface area contributed by atoms with Gasteiger partial charge in [-0.25, -0.2) is 8.78 Å². The van der Waals surface area contributed by atoms with Crippen LogP contribution in [0.2, 0.25) is 0 Å². The van der Waals surface area contributed by atoms with Crippen molar-refractivity contribution in [2.24, 2.45) is 0 Å². The van der Waals surface area contributed by atoms with Crippen molar-refractivity contribution in [3.05, 3.63) is 70.9 Å². The van der Waals surface area contributed by atoms with Crippen LogP contribution in [0.15, 0.2) is 42.5 Å². The van der Waals surface area contributed by atoms with E-state index < -0.39 is 11.6 Å². The summed E-state index contributed by atoms with van der Waals surface area (Å²) in [6.45, 7) is 3.79. The fraction of sp³-hybridized carbons (Fsp3) is 0.158. The molecule has 0 aliphatic carbocycles. The zero-order valence-electron chi connectivity index (χ0n) is 13.4. The van der Waals surface area contributed by atoms with Gasteiger partial charge in [0.25, 0.3) is 0 Å². The standard InChI is InChI=1S/C19H16F2N2O/c1-11-14-5-3-4-6-17(14)22-12(2)15(11)10-19(24)23-18-8-7-13(20)9-16(18)21/h3-9H,10H2,1-2H3,(H,23,24). The van der Waals surface area contributed by atoms with Gasteiger partial charge in [-0.05, 0) is 43.2 Å². The summed E-state index contributed by atoms with van der Waals surface area (Å²) in [6.07, 6.45) is 0.0757. The average molecular weight is 326 g/mol. The van der Waals surface area contributed by atoms with E-state index in [2.05, 4.69) is 10.3 Å². The molecule has 0 aliphatic heterocycles. The van der Waals surface area contributed by atoms with Crippen molar-refractivity contribution < 1.29 is 13.6 Å². The van der Waals surface area contributed by atoms with Gasteiger partial charge < -0.3 is 5.32 Å². The second-order valence-corrected chi connectivity index (χ2v) is 5.67.